The third kappa shape index (κ3) is 3.43. The lowest BCUT2D eigenvalue weighted by Crippen LogP contribution is -2.02. The summed E-state index contributed by atoms with van der Waals surface area (Å²) >= 11 is 0. The summed E-state index contributed by atoms with van der Waals surface area (Å²) in [7, 11) is 0. The number of rotatable bonds is 5. The minimum absolute atomic E-state index is 0.00257. The van der Waals surface area contributed by atoms with Crippen LogP contribution < -0.4 is 0 Å². The van der Waals surface area contributed by atoms with E-state index in [-0.39, 0.29) is 5.89 Å². The standard InChI is InChI=1S/C20H15F2N7O/c1-11-6-14-7-12(3-5-16(14)24-11)17-10-29(28-25-17)9-15-4-2-13(8-23-15)19-26-27-20(30-19)18(21)22/h2-8,10,18,24H,9H2,1H3. The lowest BCUT2D eigenvalue weighted by Gasteiger charge is -2.01. The Hall–Kier alpha value is -3.95. The number of pyridine rings is 1. The molecule has 0 saturated heterocycles. The van der Waals surface area contributed by atoms with Crippen molar-refractivity contribution in [2.24, 2.45) is 0 Å². The molecule has 0 fully saturated rings. The zero-order chi connectivity index (χ0) is 20.7. The molecular weight excluding hydrogens is 392 g/mol. The van der Waals surface area contributed by atoms with Crippen LogP contribution in [0.1, 0.15) is 23.7 Å². The second-order valence-electron chi connectivity index (χ2n) is 6.84. The Bertz CT molecular complexity index is 1320. The van der Waals surface area contributed by atoms with E-state index in [2.05, 4.69) is 42.6 Å². The summed E-state index contributed by atoms with van der Waals surface area (Å²) in [6.07, 6.45) is 0.545. The average Bonchev–Trinajstić information content (AvgIpc) is 3.47. The lowest BCUT2D eigenvalue weighted by molar-refractivity contribution is 0.116. The zero-order valence-electron chi connectivity index (χ0n) is 15.8. The largest absolute Gasteiger partial charge is 0.415 e. The first-order valence-corrected chi connectivity index (χ1v) is 9.12. The van der Waals surface area contributed by atoms with Crippen LogP contribution in [0.15, 0.2) is 53.2 Å². The van der Waals surface area contributed by atoms with Crippen LogP contribution in [0.3, 0.4) is 0 Å². The molecule has 1 N–H and O–H groups in total. The van der Waals surface area contributed by atoms with Crippen molar-refractivity contribution in [3.8, 4) is 22.7 Å². The van der Waals surface area contributed by atoms with Gasteiger partial charge in [0.05, 0.1) is 24.0 Å². The molecule has 30 heavy (non-hydrogen) atoms. The predicted molar refractivity (Wildman–Crippen MR) is 104 cm³/mol. The third-order valence-electron chi connectivity index (χ3n) is 4.61. The summed E-state index contributed by atoms with van der Waals surface area (Å²) in [5.74, 6) is -0.708. The molecule has 0 unspecified atom stereocenters. The normalized spacial score (nSPS) is 11.6. The van der Waals surface area contributed by atoms with Gasteiger partial charge in [0.1, 0.15) is 5.69 Å². The summed E-state index contributed by atoms with van der Waals surface area (Å²) < 4.78 is 31.8. The Morgan fingerprint density at radius 1 is 1.07 bits per heavy atom. The molecule has 0 aliphatic carbocycles. The maximum absolute atomic E-state index is 12.6. The van der Waals surface area contributed by atoms with Crippen molar-refractivity contribution in [2.75, 3.05) is 0 Å². The van der Waals surface area contributed by atoms with Gasteiger partial charge in [0.25, 0.3) is 5.89 Å². The van der Waals surface area contributed by atoms with E-state index in [4.69, 9.17) is 4.42 Å². The van der Waals surface area contributed by atoms with Crippen molar-refractivity contribution in [1.29, 1.82) is 0 Å². The van der Waals surface area contributed by atoms with Crippen LogP contribution >= 0.6 is 0 Å². The molecular formula is C20H15F2N7O. The van der Waals surface area contributed by atoms with Gasteiger partial charge >= 0.3 is 6.43 Å². The molecule has 4 aromatic heterocycles. The summed E-state index contributed by atoms with van der Waals surface area (Å²) in [6.45, 7) is 2.43. The number of nitrogens with one attached hydrogen (secondary N) is 1. The number of hydrogen-bond acceptors (Lipinski definition) is 6. The zero-order valence-corrected chi connectivity index (χ0v) is 15.8. The SMILES string of the molecule is Cc1cc2cc(-c3cn(Cc4ccc(-c5nnc(C(F)F)o5)cn4)nn3)ccc2[nH]1. The van der Waals surface area contributed by atoms with Crippen LogP contribution in [0, 0.1) is 6.92 Å². The molecule has 0 bridgehead atoms. The van der Waals surface area contributed by atoms with Gasteiger partial charge in [0.15, 0.2) is 0 Å². The Morgan fingerprint density at radius 2 is 1.93 bits per heavy atom. The Balaban J connectivity index is 1.33. The van der Waals surface area contributed by atoms with Gasteiger partial charge in [-0.2, -0.15) is 8.78 Å². The van der Waals surface area contributed by atoms with Crippen molar-refractivity contribution in [1.82, 2.24) is 35.2 Å². The fourth-order valence-corrected chi connectivity index (χ4v) is 3.19. The van der Waals surface area contributed by atoms with E-state index in [9.17, 15) is 8.78 Å². The van der Waals surface area contributed by atoms with Crippen LogP contribution in [0.5, 0.6) is 0 Å². The van der Waals surface area contributed by atoms with Gasteiger partial charge in [0, 0.05) is 28.4 Å². The first kappa shape index (κ1) is 18.1. The maximum atomic E-state index is 12.6. The van der Waals surface area contributed by atoms with E-state index in [1.54, 1.807) is 16.8 Å². The minimum Gasteiger partial charge on any atom is -0.415 e. The molecule has 0 saturated carbocycles. The van der Waals surface area contributed by atoms with Crippen molar-refractivity contribution in [3.63, 3.8) is 0 Å². The van der Waals surface area contributed by atoms with Crippen molar-refractivity contribution in [2.45, 2.75) is 19.9 Å². The van der Waals surface area contributed by atoms with Gasteiger partial charge in [-0.05, 0) is 37.3 Å². The smallest absolute Gasteiger partial charge is 0.314 e. The van der Waals surface area contributed by atoms with Crippen molar-refractivity contribution in [3.05, 3.63) is 66.1 Å². The second kappa shape index (κ2) is 7.14. The third-order valence-corrected chi connectivity index (χ3v) is 4.61. The highest BCUT2D eigenvalue weighted by molar-refractivity contribution is 5.85. The molecule has 0 aliphatic heterocycles. The number of nitrogens with zero attached hydrogens (tertiary/aromatic N) is 6. The van der Waals surface area contributed by atoms with E-state index in [0.717, 1.165) is 33.5 Å². The first-order chi connectivity index (χ1) is 14.5. The molecule has 0 spiro atoms. The highest BCUT2D eigenvalue weighted by Crippen LogP contribution is 2.24. The van der Waals surface area contributed by atoms with E-state index in [0.29, 0.717) is 12.1 Å². The maximum Gasteiger partial charge on any atom is 0.314 e. The molecule has 8 nitrogen and oxygen atoms in total. The topological polar surface area (TPSA) is 98.3 Å². The predicted octanol–water partition coefficient (Wildman–Crippen LogP) is 4.17. The molecule has 150 valence electrons. The molecule has 0 radical (unpaired) electrons. The number of alkyl halides is 2. The van der Waals surface area contributed by atoms with Crippen LogP contribution in [-0.2, 0) is 6.54 Å². The highest BCUT2D eigenvalue weighted by atomic mass is 19.3. The van der Waals surface area contributed by atoms with Crippen molar-refractivity contribution >= 4 is 10.9 Å². The van der Waals surface area contributed by atoms with Crippen LogP contribution in [0.2, 0.25) is 0 Å². The van der Waals surface area contributed by atoms with E-state index < -0.39 is 12.3 Å². The Labute approximate surface area is 168 Å². The molecule has 0 atom stereocenters. The molecule has 0 aliphatic rings. The molecule has 5 aromatic rings. The van der Waals surface area contributed by atoms with Gasteiger partial charge in [-0.15, -0.1) is 15.3 Å². The minimum atomic E-state index is -2.80. The summed E-state index contributed by atoms with van der Waals surface area (Å²) in [5.41, 5.74) is 5.11. The van der Waals surface area contributed by atoms with Gasteiger partial charge in [0.2, 0.25) is 5.89 Å². The van der Waals surface area contributed by atoms with Gasteiger partial charge in [-0.1, -0.05) is 11.3 Å². The number of fused-ring (bicyclic) bond motifs is 1. The van der Waals surface area contributed by atoms with Crippen LogP contribution in [0.4, 0.5) is 8.78 Å². The molecule has 0 amide bonds. The van der Waals surface area contributed by atoms with Gasteiger partial charge in [-0.3, -0.25) is 4.98 Å². The van der Waals surface area contributed by atoms with Gasteiger partial charge in [-0.25, -0.2) is 4.68 Å². The highest BCUT2D eigenvalue weighted by Gasteiger charge is 2.17. The molecule has 5 rings (SSSR count). The van der Waals surface area contributed by atoms with E-state index in [1.807, 2.05) is 25.3 Å². The monoisotopic (exact) mass is 407 g/mol. The fourth-order valence-electron chi connectivity index (χ4n) is 3.19. The Kier molecular flexibility index (Phi) is 4.31. The van der Waals surface area contributed by atoms with Crippen LogP contribution in [-0.4, -0.2) is 35.2 Å². The van der Waals surface area contributed by atoms with E-state index >= 15 is 0 Å². The number of halogens is 2. The quantitative estimate of drug-likeness (QED) is 0.470. The second-order valence-corrected chi connectivity index (χ2v) is 6.84. The number of aryl methyl sites for hydroxylation is 1. The number of hydrogen-bond donors (Lipinski definition) is 1. The summed E-state index contributed by atoms with van der Waals surface area (Å²) in [6, 6.07) is 11.6. The summed E-state index contributed by atoms with van der Waals surface area (Å²) in [4.78, 5) is 7.62. The molecule has 1 aromatic carbocycles. The van der Waals surface area contributed by atoms with Crippen molar-refractivity contribution < 1.29 is 13.2 Å². The Morgan fingerprint density at radius 3 is 2.70 bits per heavy atom. The summed E-state index contributed by atoms with van der Waals surface area (Å²) in [5, 5.41) is 16.5. The fraction of sp³-hybridized carbons (Fsp3) is 0.150. The lowest BCUT2D eigenvalue weighted by atomic mass is 10.1. The molecule has 4 heterocycles. The van der Waals surface area contributed by atoms with E-state index in [1.165, 1.54) is 6.20 Å². The van der Waals surface area contributed by atoms with Crippen LogP contribution in [0.25, 0.3) is 33.6 Å². The van der Waals surface area contributed by atoms with Gasteiger partial charge < -0.3 is 9.40 Å². The number of H-pyrrole nitrogens is 1. The molecule has 10 heteroatoms. The number of aromatic nitrogens is 7. The average molecular weight is 407 g/mol. The first-order valence-electron chi connectivity index (χ1n) is 9.12. The number of benzene rings is 1. The number of aromatic amines is 1.